The Kier molecular flexibility index (Phi) is 4.79. The van der Waals surface area contributed by atoms with Gasteiger partial charge in [-0.2, -0.15) is 0 Å². The van der Waals surface area contributed by atoms with E-state index in [0.29, 0.717) is 6.04 Å². The fraction of sp³-hybridized carbons (Fsp3) is 0.348. The van der Waals surface area contributed by atoms with Crippen LogP contribution in [0.25, 0.3) is 22.3 Å². The summed E-state index contributed by atoms with van der Waals surface area (Å²) in [6.07, 6.45) is 6.49. The first-order valence-electron chi connectivity index (χ1n) is 9.51. The first kappa shape index (κ1) is 16.9. The van der Waals surface area contributed by atoms with E-state index in [0.717, 1.165) is 28.0 Å². The van der Waals surface area contributed by atoms with Gasteiger partial charge in [-0.15, -0.1) is 0 Å². The van der Waals surface area contributed by atoms with Crippen molar-refractivity contribution in [3.05, 3.63) is 59.5 Å². The molecule has 1 fully saturated rings. The molecule has 1 aliphatic carbocycles. The van der Waals surface area contributed by atoms with Gasteiger partial charge in [0.15, 0.2) is 6.04 Å². The highest BCUT2D eigenvalue weighted by molar-refractivity contribution is 5.78. The predicted octanol–water partition coefficient (Wildman–Crippen LogP) is 3.73. The highest BCUT2D eigenvalue weighted by atomic mass is 16.5. The van der Waals surface area contributed by atoms with Gasteiger partial charge in [-0.3, -0.25) is 0 Å². The SMILES string of the molecule is COc1ccc(-c2cc(=[NH+]C3CCCCC3)c3cc(C)ccc3o2)cc1. The van der Waals surface area contributed by atoms with Crippen molar-refractivity contribution >= 4 is 11.0 Å². The molecular formula is C23H26NO2+. The second kappa shape index (κ2) is 7.36. The minimum Gasteiger partial charge on any atom is -0.497 e. The molecule has 0 aliphatic heterocycles. The number of hydrogen-bond donors (Lipinski definition) is 1. The Morgan fingerprint density at radius 3 is 2.46 bits per heavy atom. The Morgan fingerprint density at radius 2 is 1.73 bits per heavy atom. The van der Waals surface area contributed by atoms with Gasteiger partial charge in [0.25, 0.3) is 0 Å². The fourth-order valence-corrected chi connectivity index (χ4v) is 3.78. The number of fused-ring (bicyclic) bond motifs is 1. The lowest BCUT2D eigenvalue weighted by atomic mass is 9.96. The topological polar surface area (TPSA) is 36.3 Å². The minimum atomic E-state index is 0.554. The molecule has 0 spiro atoms. The second-order valence-corrected chi connectivity index (χ2v) is 7.23. The van der Waals surface area contributed by atoms with Gasteiger partial charge in [0.1, 0.15) is 17.1 Å². The summed E-state index contributed by atoms with van der Waals surface area (Å²) in [5.41, 5.74) is 3.22. The summed E-state index contributed by atoms with van der Waals surface area (Å²) < 4.78 is 11.5. The zero-order chi connectivity index (χ0) is 17.9. The zero-order valence-corrected chi connectivity index (χ0v) is 15.5. The molecule has 0 radical (unpaired) electrons. The summed E-state index contributed by atoms with van der Waals surface area (Å²) in [5.74, 6) is 1.73. The van der Waals surface area contributed by atoms with Crippen molar-refractivity contribution in [1.29, 1.82) is 0 Å². The van der Waals surface area contributed by atoms with Gasteiger partial charge in [0.05, 0.1) is 18.6 Å². The maximum atomic E-state index is 6.23. The summed E-state index contributed by atoms with van der Waals surface area (Å²) in [5, 5.41) is 2.33. The van der Waals surface area contributed by atoms with Crippen LogP contribution in [-0.2, 0) is 0 Å². The number of hydrogen-bond acceptors (Lipinski definition) is 2. The number of methoxy groups -OCH3 is 1. The molecular weight excluding hydrogens is 322 g/mol. The predicted molar refractivity (Wildman–Crippen MR) is 104 cm³/mol. The van der Waals surface area contributed by atoms with E-state index in [9.17, 15) is 0 Å². The van der Waals surface area contributed by atoms with Crippen molar-refractivity contribution in [1.82, 2.24) is 0 Å². The summed E-state index contributed by atoms with van der Waals surface area (Å²) >= 11 is 0. The van der Waals surface area contributed by atoms with E-state index in [-0.39, 0.29) is 0 Å². The van der Waals surface area contributed by atoms with Crippen LogP contribution in [0.2, 0.25) is 0 Å². The molecule has 3 nitrogen and oxygen atoms in total. The summed E-state index contributed by atoms with van der Waals surface area (Å²) in [7, 11) is 1.68. The average Bonchev–Trinajstić information content (AvgIpc) is 2.69. The quantitative estimate of drug-likeness (QED) is 0.783. The summed E-state index contributed by atoms with van der Waals surface area (Å²) in [6, 6.07) is 17.1. The van der Waals surface area contributed by atoms with Gasteiger partial charge in [-0.25, -0.2) is 4.99 Å². The number of benzene rings is 2. The van der Waals surface area contributed by atoms with E-state index in [2.05, 4.69) is 36.2 Å². The Labute approximate surface area is 154 Å². The van der Waals surface area contributed by atoms with Crippen molar-refractivity contribution in [2.75, 3.05) is 7.11 Å². The largest absolute Gasteiger partial charge is 0.497 e. The molecule has 3 heteroatoms. The molecule has 1 N–H and O–H groups in total. The maximum Gasteiger partial charge on any atom is 0.213 e. The molecule has 2 aromatic carbocycles. The van der Waals surface area contributed by atoms with E-state index in [1.807, 2.05) is 24.3 Å². The van der Waals surface area contributed by atoms with E-state index >= 15 is 0 Å². The van der Waals surface area contributed by atoms with Crippen molar-refractivity contribution in [2.45, 2.75) is 45.1 Å². The molecule has 4 rings (SSSR count). The van der Waals surface area contributed by atoms with Crippen molar-refractivity contribution in [3.63, 3.8) is 0 Å². The Bertz CT molecular complexity index is 964. The van der Waals surface area contributed by atoms with Crippen LogP contribution in [-0.4, -0.2) is 13.2 Å². The lowest BCUT2D eigenvalue weighted by molar-refractivity contribution is -0.546. The number of nitrogens with one attached hydrogen (secondary N) is 1. The molecule has 1 heterocycles. The third-order valence-electron chi connectivity index (χ3n) is 5.26. The molecule has 26 heavy (non-hydrogen) atoms. The minimum absolute atomic E-state index is 0.554. The standard InChI is InChI=1S/C23H25NO2/c1-16-8-13-22-20(14-16)21(24-18-6-4-3-5-7-18)15-23(26-22)17-9-11-19(25-2)12-10-17/h8-15,18H,3-7H2,1-2H3/p+1. The van der Waals surface area contributed by atoms with Crippen LogP contribution >= 0.6 is 0 Å². The van der Waals surface area contributed by atoms with Crippen molar-refractivity contribution in [2.24, 2.45) is 0 Å². The highest BCUT2D eigenvalue weighted by Gasteiger charge is 2.17. The molecule has 134 valence electrons. The van der Waals surface area contributed by atoms with Crippen LogP contribution in [0.15, 0.2) is 52.9 Å². The first-order valence-corrected chi connectivity index (χ1v) is 9.51. The van der Waals surface area contributed by atoms with E-state index in [4.69, 9.17) is 9.15 Å². The third-order valence-corrected chi connectivity index (χ3v) is 5.26. The van der Waals surface area contributed by atoms with Gasteiger partial charge in [-0.05, 0) is 56.2 Å². The van der Waals surface area contributed by atoms with E-state index in [1.54, 1.807) is 7.11 Å². The van der Waals surface area contributed by atoms with Crippen LogP contribution in [0, 0.1) is 6.92 Å². The molecule has 0 saturated heterocycles. The van der Waals surface area contributed by atoms with Crippen LogP contribution in [0.4, 0.5) is 0 Å². The van der Waals surface area contributed by atoms with Crippen molar-refractivity contribution in [3.8, 4) is 17.1 Å². The van der Waals surface area contributed by atoms with Crippen LogP contribution in [0.5, 0.6) is 5.75 Å². The highest BCUT2D eigenvalue weighted by Crippen LogP contribution is 2.24. The fourth-order valence-electron chi connectivity index (χ4n) is 3.78. The van der Waals surface area contributed by atoms with Gasteiger partial charge in [0.2, 0.25) is 5.36 Å². The molecule has 0 bridgehead atoms. The normalized spacial score (nSPS) is 16.2. The second-order valence-electron chi connectivity index (χ2n) is 7.23. The smallest absolute Gasteiger partial charge is 0.213 e. The van der Waals surface area contributed by atoms with Gasteiger partial charge >= 0.3 is 0 Å². The lowest BCUT2D eigenvalue weighted by Crippen LogP contribution is -2.83. The molecule has 0 amide bonds. The number of ether oxygens (including phenoxy) is 1. The van der Waals surface area contributed by atoms with Crippen molar-refractivity contribution < 1.29 is 14.1 Å². The zero-order valence-electron chi connectivity index (χ0n) is 15.5. The molecule has 3 aromatic rings. The van der Waals surface area contributed by atoms with Gasteiger partial charge < -0.3 is 9.15 Å². The number of rotatable bonds is 3. The third kappa shape index (κ3) is 3.52. The van der Waals surface area contributed by atoms with Crippen LogP contribution in [0.3, 0.4) is 0 Å². The number of aryl methyl sites for hydroxylation is 1. The Balaban J connectivity index is 1.86. The first-order chi connectivity index (χ1) is 12.7. The van der Waals surface area contributed by atoms with E-state index < -0.39 is 0 Å². The molecule has 0 unspecified atom stereocenters. The Hall–Kier alpha value is -2.55. The van der Waals surface area contributed by atoms with Gasteiger partial charge in [-0.1, -0.05) is 18.1 Å². The monoisotopic (exact) mass is 348 g/mol. The van der Waals surface area contributed by atoms with E-state index in [1.165, 1.54) is 43.0 Å². The lowest BCUT2D eigenvalue weighted by Gasteiger charge is -2.13. The average molecular weight is 348 g/mol. The maximum absolute atomic E-state index is 6.23. The molecule has 1 aromatic heterocycles. The van der Waals surface area contributed by atoms with Crippen LogP contribution < -0.4 is 15.1 Å². The summed E-state index contributed by atoms with van der Waals surface area (Å²) in [6.45, 7) is 2.13. The Morgan fingerprint density at radius 1 is 0.962 bits per heavy atom. The molecule has 1 saturated carbocycles. The summed E-state index contributed by atoms with van der Waals surface area (Å²) in [4.78, 5) is 3.80. The molecule has 0 atom stereocenters. The van der Waals surface area contributed by atoms with Gasteiger partial charge in [0, 0.05) is 18.4 Å². The molecule has 1 aliphatic rings. The van der Waals surface area contributed by atoms with Crippen LogP contribution in [0.1, 0.15) is 37.7 Å².